The predicted molar refractivity (Wildman–Crippen MR) is 68.1 cm³/mol. The minimum atomic E-state index is 0.252. The van der Waals surface area contributed by atoms with E-state index in [0.717, 1.165) is 52.3 Å². The molecule has 1 saturated carbocycles. The van der Waals surface area contributed by atoms with Crippen molar-refractivity contribution in [1.29, 1.82) is 0 Å². The molecule has 2 rings (SSSR count). The van der Waals surface area contributed by atoms with Gasteiger partial charge in [-0.1, -0.05) is 19.3 Å². The zero-order chi connectivity index (χ0) is 11.9. The van der Waals surface area contributed by atoms with E-state index in [1.165, 1.54) is 19.3 Å². The number of hydrogen-bond donors (Lipinski definition) is 1. The Hall–Kier alpha value is -0.160. The summed E-state index contributed by atoms with van der Waals surface area (Å²) >= 11 is 0. The average Bonchev–Trinajstić information content (AvgIpc) is 2.56. The summed E-state index contributed by atoms with van der Waals surface area (Å²) in [5.74, 6) is 0. The van der Waals surface area contributed by atoms with Crippen LogP contribution >= 0.6 is 0 Å². The van der Waals surface area contributed by atoms with E-state index in [4.69, 9.17) is 15.2 Å². The third-order valence-corrected chi connectivity index (χ3v) is 3.85. The Labute approximate surface area is 104 Å². The summed E-state index contributed by atoms with van der Waals surface area (Å²) in [5, 5.41) is 0. The van der Waals surface area contributed by atoms with Crippen LogP contribution < -0.4 is 5.73 Å². The Morgan fingerprint density at radius 1 is 1.12 bits per heavy atom. The number of rotatable bonds is 4. The molecule has 4 nitrogen and oxygen atoms in total. The fourth-order valence-corrected chi connectivity index (χ4v) is 2.67. The zero-order valence-electron chi connectivity index (χ0n) is 10.8. The van der Waals surface area contributed by atoms with Gasteiger partial charge in [0.15, 0.2) is 0 Å². The molecule has 4 heteroatoms. The van der Waals surface area contributed by atoms with Gasteiger partial charge in [0.05, 0.1) is 25.9 Å². The van der Waals surface area contributed by atoms with Crippen molar-refractivity contribution in [3.05, 3.63) is 0 Å². The van der Waals surface area contributed by atoms with Crippen LogP contribution in [0, 0.1) is 0 Å². The largest absolute Gasteiger partial charge is 0.379 e. The van der Waals surface area contributed by atoms with Crippen molar-refractivity contribution >= 4 is 0 Å². The predicted octanol–water partition coefficient (Wildman–Crippen LogP) is 0.995. The van der Waals surface area contributed by atoms with Crippen LogP contribution in [0.25, 0.3) is 0 Å². The molecule has 1 saturated heterocycles. The molecule has 0 aromatic carbocycles. The second-order valence-electron chi connectivity index (χ2n) is 5.17. The lowest BCUT2D eigenvalue weighted by Gasteiger charge is -2.28. The van der Waals surface area contributed by atoms with Crippen LogP contribution in [-0.2, 0) is 9.47 Å². The van der Waals surface area contributed by atoms with Gasteiger partial charge in [-0.25, -0.2) is 0 Å². The Kier molecular flexibility index (Phi) is 5.71. The summed E-state index contributed by atoms with van der Waals surface area (Å²) in [6.07, 6.45) is 6.42. The second kappa shape index (κ2) is 7.31. The topological polar surface area (TPSA) is 47.7 Å². The summed E-state index contributed by atoms with van der Waals surface area (Å²) in [6.45, 7) is 5.65. The maximum Gasteiger partial charge on any atom is 0.0726 e. The third-order valence-electron chi connectivity index (χ3n) is 3.85. The first-order valence-corrected chi connectivity index (χ1v) is 7.03. The van der Waals surface area contributed by atoms with E-state index >= 15 is 0 Å². The molecule has 1 aliphatic heterocycles. The smallest absolute Gasteiger partial charge is 0.0726 e. The molecule has 2 fully saturated rings. The minimum Gasteiger partial charge on any atom is -0.379 e. The lowest BCUT2D eigenvalue weighted by Crippen LogP contribution is -2.41. The molecule has 17 heavy (non-hydrogen) atoms. The average molecular weight is 242 g/mol. The van der Waals surface area contributed by atoms with Crippen molar-refractivity contribution in [2.75, 3.05) is 39.5 Å². The van der Waals surface area contributed by atoms with Crippen molar-refractivity contribution in [2.45, 2.75) is 44.2 Å². The van der Waals surface area contributed by atoms with Gasteiger partial charge in [0, 0.05) is 25.7 Å². The molecule has 0 spiro atoms. The monoisotopic (exact) mass is 242 g/mol. The van der Waals surface area contributed by atoms with Gasteiger partial charge >= 0.3 is 0 Å². The summed E-state index contributed by atoms with van der Waals surface area (Å²) in [5.41, 5.74) is 6.14. The van der Waals surface area contributed by atoms with Crippen molar-refractivity contribution in [2.24, 2.45) is 5.73 Å². The summed E-state index contributed by atoms with van der Waals surface area (Å²) < 4.78 is 11.3. The summed E-state index contributed by atoms with van der Waals surface area (Å²) in [4.78, 5) is 2.41. The number of nitrogens with two attached hydrogens (primary N) is 1. The normalized spacial score (nSPS) is 32.3. The van der Waals surface area contributed by atoms with Crippen LogP contribution in [0.3, 0.4) is 0 Å². The first-order valence-electron chi connectivity index (χ1n) is 7.03. The Bertz CT molecular complexity index is 208. The molecule has 2 N–H and O–H groups in total. The fraction of sp³-hybridized carbons (Fsp3) is 1.00. The lowest BCUT2D eigenvalue weighted by atomic mass is 10.1. The van der Waals surface area contributed by atoms with Crippen LogP contribution in [0.15, 0.2) is 0 Å². The minimum absolute atomic E-state index is 0.252. The van der Waals surface area contributed by atoms with Crippen LogP contribution in [-0.4, -0.2) is 56.5 Å². The van der Waals surface area contributed by atoms with Gasteiger partial charge in [0.2, 0.25) is 0 Å². The molecule has 2 unspecified atom stereocenters. The van der Waals surface area contributed by atoms with Crippen LogP contribution in [0.1, 0.15) is 32.1 Å². The van der Waals surface area contributed by atoms with E-state index in [-0.39, 0.29) is 6.04 Å². The molecule has 0 aromatic rings. The molecule has 2 atom stereocenters. The van der Waals surface area contributed by atoms with Crippen LogP contribution in [0.4, 0.5) is 0 Å². The van der Waals surface area contributed by atoms with E-state index in [2.05, 4.69) is 4.90 Å². The van der Waals surface area contributed by atoms with Crippen molar-refractivity contribution < 1.29 is 9.47 Å². The van der Waals surface area contributed by atoms with Crippen molar-refractivity contribution in [3.8, 4) is 0 Å². The highest BCUT2D eigenvalue weighted by Gasteiger charge is 2.21. The first kappa shape index (κ1) is 13.3. The zero-order valence-corrected chi connectivity index (χ0v) is 10.8. The highest BCUT2D eigenvalue weighted by molar-refractivity contribution is 4.77. The van der Waals surface area contributed by atoms with E-state index in [1.54, 1.807) is 0 Å². The van der Waals surface area contributed by atoms with Gasteiger partial charge in [-0.3, -0.25) is 4.90 Å². The molecule has 100 valence electrons. The molecular weight excluding hydrogens is 216 g/mol. The Morgan fingerprint density at radius 2 is 1.88 bits per heavy atom. The quantitative estimate of drug-likeness (QED) is 0.747. The van der Waals surface area contributed by atoms with E-state index in [9.17, 15) is 0 Å². The first-order chi connectivity index (χ1) is 8.36. The second-order valence-corrected chi connectivity index (χ2v) is 5.17. The maximum atomic E-state index is 6.14. The van der Waals surface area contributed by atoms with Gasteiger partial charge in [0.1, 0.15) is 0 Å². The van der Waals surface area contributed by atoms with Gasteiger partial charge in [0.25, 0.3) is 0 Å². The molecular formula is C13H26N2O2. The molecule has 2 aliphatic rings. The van der Waals surface area contributed by atoms with Crippen LogP contribution in [0.5, 0.6) is 0 Å². The maximum absolute atomic E-state index is 6.14. The molecule has 1 aliphatic carbocycles. The van der Waals surface area contributed by atoms with Crippen molar-refractivity contribution in [3.63, 3.8) is 0 Å². The number of ether oxygens (including phenoxy) is 2. The van der Waals surface area contributed by atoms with Gasteiger partial charge in [-0.15, -0.1) is 0 Å². The lowest BCUT2D eigenvalue weighted by molar-refractivity contribution is -0.00720. The van der Waals surface area contributed by atoms with E-state index in [1.807, 2.05) is 0 Å². The highest BCUT2D eigenvalue weighted by atomic mass is 16.5. The molecule has 0 radical (unpaired) electrons. The molecule has 0 aromatic heterocycles. The van der Waals surface area contributed by atoms with Crippen molar-refractivity contribution in [1.82, 2.24) is 4.90 Å². The van der Waals surface area contributed by atoms with Crippen LogP contribution in [0.2, 0.25) is 0 Å². The van der Waals surface area contributed by atoms with Gasteiger partial charge in [-0.2, -0.15) is 0 Å². The van der Waals surface area contributed by atoms with Gasteiger partial charge in [-0.05, 0) is 12.8 Å². The Balaban J connectivity index is 1.62. The van der Waals surface area contributed by atoms with E-state index < -0.39 is 0 Å². The number of hydrogen-bond acceptors (Lipinski definition) is 4. The molecule has 1 heterocycles. The summed E-state index contributed by atoms with van der Waals surface area (Å²) in [6, 6.07) is 0.252. The third kappa shape index (κ3) is 4.54. The SMILES string of the molecule is NC1CCCCCC1OCCN1CCOCC1. The standard InChI is InChI=1S/C13H26N2O2/c14-12-4-2-1-3-5-13(12)17-11-8-15-6-9-16-10-7-15/h12-13H,1-11,14H2. The molecule has 0 amide bonds. The summed E-state index contributed by atoms with van der Waals surface area (Å²) in [7, 11) is 0. The number of morpholine rings is 1. The van der Waals surface area contributed by atoms with Gasteiger partial charge < -0.3 is 15.2 Å². The highest BCUT2D eigenvalue weighted by Crippen LogP contribution is 2.19. The molecule has 0 bridgehead atoms. The Morgan fingerprint density at radius 3 is 2.71 bits per heavy atom. The fourth-order valence-electron chi connectivity index (χ4n) is 2.67. The van der Waals surface area contributed by atoms with E-state index in [0.29, 0.717) is 6.10 Å². The number of nitrogens with zero attached hydrogens (tertiary/aromatic N) is 1.